The van der Waals surface area contributed by atoms with Crippen molar-refractivity contribution in [2.45, 2.75) is 45.0 Å². The molecule has 3 heteroatoms. The second kappa shape index (κ2) is 3.52. The second-order valence-electron chi connectivity index (χ2n) is 3.53. The largest absolute Gasteiger partial charge is 0.377 e. The molecule has 2 unspecified atom stereocenters. The summed E-state index contributed by atoms with van der Waals surface area (Å²) in [4.78, 5) is 2.27. The molecular formula is C8H18N2O. The zero-order valence-corrected chi connectivity index (χ0v) is 7.33. The summed E-state index contributed by atoms with van der Waals surface area (Å²) in [5, 5.41) is 9.21. The molecule has 0 aromatic heterocycles. The molecule has 0 spiro atoms. The molecule has 1 aliphatic heterocycles. The van der Waals surface area contributed by atoms with Gasteiger partial charge in [0.15, 0.2) is 0 Å². The lowest BCUT2D eigenvalue weighted by atomic mass is 10.2. The highest BCUT2D eigenvalue weighted by molar-refractivity contribution is 4.84. The lowest BCUT2D eigenvalue weighted by Crippen LogP contribution is -2.46. The Morgan fingerprint density at radius 1 is 1.55 bits per heavy atom. The Kier molecular flexibility index (Phi) is 2.87. The van der Waals surface area contributed by atoms with Crippen molar-refractivity contribution >= 4 is 0 Å². The molecule has 3 N–H and O–H groups in total. The number of nitrogens with two attached hydrogens (primary N) is 1. The Labute approximate surface area is 68.2 Å². The van der Waals surface area contributed by atoms with E-state index in [0.717, 1.165) is 19.4 Å². The molecule has 0 amide bonds. The molecule has 0 aromatic rings. The maximum atomic E-state index is 9.21. The molecule has 1 rings (SSSR count). The molecule has 1 aliphatic rings. The third kappa shape index (κ3) is 1.92. The van der Waals surface area contributed by atoms with Gasteiger partial charge in [0.2, 0.25) is 0 Å². The van der Waals surface area contributed by atoms with Gasteiger partial charge in [0.1, 0.15) is 6.23 Å². The zero-order chi connectivity index (χ0) is 8.43. The van der Waals surface area contributed by atoms with Crippen LogP contribution in [0, 0.1) is 0 Å². The average molecular weight is 158 g/mol. The van der Waals surface area contributed by atoms with Crippen LogP contribution < -0.4 is 5.73 Å². The van der Waals surface area contributed by atoms with Gasteiger partial charge in [-0.2, -0.15) is 0 Å². The van der Waals surface area contributed by atoms with E-state index in [1.54, 1.807) is 0 Å². The number of nitrogens with zero attached hydrogens (tertiary/aromatic N) is 1. The number of hydrogen-bond donors (Lipinski definition) is 2. The van der Waals surface area contributed by atoms with Crippen molar-refractivity contribution in [1.82, 2.24) is 4.90 Å². The summed E-state index contributed by atoms with van der Waals surface area (Å²) >= 11 is 0. The molecule has 0 aromatic carbocycles. The van der Waals surface area contributed by atoms with Crippen LogP contribution in [0.15, 0.2) is 0 Å². The predicted octanol–water partition coefficient (Wildman–Crippen LogP) is 0.136. The molecule has 1 fully saturated rings. The van der Waals surface area contributed by atoms with E-state index >= 15 is 0 Å². The van der Waals surface area contributed by atoms with Crippen LogP contribution in [-0.2, 0) is 0 Å². The minimum absolute atomic E-state index is 0.190. The van der Waals surface area contributed by atoms with Crippen molar-refractivity contribution in [2.75, 3.05) is 6.54 Å². The van der Waals surface area contributed by atoms with Gasteiger partial charge < -0.3 is 10.8 Å². The molecule has 3 nitrogen and oxygen atoms in total. The van der Waals surface area contributed by atoms with Gasteiger partial charge in [-0.1, -0.05) is 0 Å². The van der Waals surface area contributed by atoms with Crippen LogP contribution in [0.5, 0.6) is 0 Å². The van der Waals surface area contributed by atoms with Crippen molar-refractivity contribution in [3.8, 4) is 0 Å². The fourth-order valence-corrected chi connectivity index (χ4v) is 1.82. The average Bonchev–Trinajstić information content (AvgIpc) is 2.32. The first kappa shape index (κ1) is 8.97. The molecular weight excluding hydrogens is 140 g/mol. The van der Waals surface area contributed by atoms with Crippen molar-refractivity contribution in [3.05, 3.63) is 0 Å². The molecule has 0 saturated carbocycles. The van der Waals surface area contributed by atoms with E-state index in [9.17, 15) is 5.11 Å². The lowest BCUT2D eigenvalue weighted by Gasteiger charge is -2.29. The van der Waals surface area contributed by atoms with Gasteiger partial charge in [0.25, 0.3) is 0 Å². The summed E-state index contributed by atoms with van der Waals surface area (Å²) in [6.07, 6.45) is 1.53. The predicted molar refractivity (Wildman–Crippen MR) is 45.1 cm³/mol. The summed E-state index contributed by atoms with van der Waals surface area (Å²) in [7, 11) is 0. The summed E-state index contributed by atoms with van der Waals surface area (Å²) in [5.74, 6) is 0. The molecule has 11 heavy (non-hydrogen) atoms. The number of rotatable bonds is 2. The number of likely N-dealkylation sites (tertiary alicyclic amines) is 1. The van der Waals surface area contributed by atoms with E-state index in [4.69, 9.17) is 5.73 Å². The second-order valence-corrected chi connectivity index (χ2v) is 3.53. The standard InChI is InChI=1S/C8H18N2O/c1-6(2)10-5-3-4-7(10)8(9)11/h6-8,11H,3-5,9H2,1-2H3. The SMILES string of the molecule is CC(C)N1CCCC1C(N)O. The summed E-state index contributed by atoms with van der Waals surface area (Å²) in [6.45, 7) is 5.36. The number of aliphatic hydroxyl groups is 1. The van der Waals surface area contributed by atoms with Crippen molar-refractivity contribution in [1.29, 1.82) is 0 Å². The molecule has 0 aliphatic carbocycles. The van der Waals surface area contributed by atoms with Crippen molar-refractivity contribution in [2.24, 2.45) is 5.73 Å². The molecule has 2 atom stereocenters. The van der Waals surface area contributed by atoms with Crippen LogP contribution in [0.4, 0.5) is 0 Å². The van der Waals surface area contributed by atoms with Crippen LogP contribution in [0.25, 0.3) is 0 Å². The van der Waals surface area contributed by atoms with Gasteiger partial charge in [0, 0.05) is 12.1 Å². The van der Waals surface area contributed by atoms with Crippen LogP contribution in [0.2, 0.25) is 0 Å². The highest BCUT2D eigenvalue weighted by atomic mass is 16.3. The monoisotopic (exact) mass is 158 g/mol. The fraction of sp³-hybridized carbons (Fsp3) is 1.00. The first-order valence-corrected chi connectivity index (χ1v) is 4.32. The minimum Gasteiger partial charge on any atom is -0.377 e. The molecule has 0 bridgehead atoms. The maximum absolute atomic E-state index is 9.21. The number of hydrogen-bond acceptors (Lipinski definition) is 3. The Morgan fingerprint density at radius 2 is 2.18 bits per heavy atom. The quantitative estimate of drug-likeness (QED) is 0.562. The van der Waals surface area contributed by atoms with E-state index in [1.165, 1.54) is 0 Å². The van der Waals surface area contributed by atoms with Gasteiger partial charge in [-0.15, -0.1) is 0 Å². The van der Waals surface area contributed by atoms with Crippen molar-refractivity contribution < 1.29 is 5.11 Å². The van der Waals surface area contributed by atoms with E-state index in [0.29, 0.717) is 6.04 Å². The zero-order valence-electron chi connectivity index (χ0n) is 7.33. The molecule has 1 saturated heterocycles. The van der Waals surface area contributed by atoms with E-state index in [2.05, 4.69) is 18.7 Å². The van der Waals surface area contributed by atoms with E-state index < -0.39 is 6.23 Å². The van der Waals surface area contributed by atoms with Crippen LogP contribution >= 0.6 is 0 Å². The molecule has 0 radical (unpaired) electrons. The molecule has 66 valence electrons. The van der Waals surface area contributed by atoms with Crippen LogP contribution in [-0.4, -0.2) is 34.9 Å². The Balaban J connectivity index is 2.51. The van der Waals surface area contributed by atoms with E-state index in [1.807, 2.05) is 0 Å². The smallest absolute Gasteiger partial charge is 0.118 e. The lowest BCUT2D eigenvalue weighted by molar-refractivity contribution is 0.0621. The first-order valence-electron chi connectivity index (χ1n) is 4.32. The van der Waals surface area contributed by atoms with Gasteiger partial charge in [-0.25, -0.2) is 0 Å². The Morgan fingerprint density at radius 3 is 2.55 bits per heavy atom. The maximum Gasteiger partial charge on any atom is 0.118 e. The summed E-state index contributed by atoms with van der Waals surface area (Å²) in [6, 6.07) is 0.690. The number of aliphatic hydroxyl groups excluding tert-OH is 1. The van der Waals surface area contributed by atoms with Gasteiger partial charge >= 0.3 is 0 Å². The summed E-state index contributed by atoms with van der Waals surface area (Å²) in [5.41, 5.74) is 5.44. The normalized spacial score (nSPS) is 29.7. The Bertz CT molecular complexity index is 111. The first-order chi connectivity index (χ1) is 5.13. The minimum atomic E-state index is -0.667. The summed E-state index contributed by atoms with van der Waals surface area (Å²) < 4.78 is 0. The van der Waals surface area contributed by atoms with Gasteiger partial charge in [-0.3, -0.25) is 4.90 Å². The van der Waals surface area contributed by atoms with E-state index in [-0.39, 0.29) is 6.04 Å². The van der Waals surface area contributed by atoms with Crippen LogP contribution in [0.3, 0.4) is 0 Å². The third-order valence-corrected chi connectivity index (χ3v) is 2.40. The highest BCUT2D eigenvalue weighted by Gasteiger charge is 2.29. The Hall–Kier alpha value is -0.120. The topological polar surface area (TPSA) is 49.5 Å². The molecule has 1 heterocycles. The van der Waals surface area contributed by atoms with Crippen molar-refractivity contribution in [3.63, 3.8) is 0 Å². The van der Waals surface area contributed by atoms with Gasteiger partial charge in [-0.05, 0) is 33.2 Å². The fourth-order valence-electron chi connectivity index (χ4n) is 1.82. The third-order valence-electron chi connectivity index (χ3n) is 2.40. The van der Waals surface area contributed by atoms with Crippen LogP contribution in [0.1, 0.15) is 26.7 Å². The van der Waals surface area contributed by atoms with Gasteiger partial charge in [0.05, 0.1) is 0 Å². The highest BCUT2D eigenvalue weighted by Crippen LogP contribution is 2.20.